The third-order valence-corrected chi connectivity index (χ3v) is 13.0. The lowest BCUT2D eigenvalue weighted by Crippen LogP contribution is -2.16. The first-order valence-corrected chi connectivity index (χ1v) is 21.2. The average Bonchev–Trinajstić information content (AvgIpc) is 3.53. The molecule has 0 heterocycles. The smallest absolute Gasteiger partial charge is 0.0465 e. The largest absolute Gasteiger partial charge is 0.310 e. The Morgan fingerprint density at radius 3 is 1.43 bits per heavy atom. The molecule has 2 aliphatic carbocycles. The Hall–Kier alpha value is -7.22. The van der Waals surface area contributed by atoms with Crippen molar-refractivity contribution in [1.82, 2.24) is 0 Å². The van der Waals surface area contributed by atoms with Gasteiger partial charge in [0.15, 0.2) is 0 Å². The molecule has 0 radical (unpaired) electrons. The summed E-state index contributed by atoms with van der Waals surface area (Å²) in [6.45, 7) is 4.72. The van der Waals surface area contributed by atoms with Gasteiger partial charge < -0.3 is 4.90 Å². The lowest BCUT2D eigenvalue weighted by Gasteiger charge is -2.28. The SMILES string of the molecule is CC1(C)c2ccccc2-c2ccc(N(c3ccc(-c4ccccc4)cc3)c3ccc(-c4cccc5c4-c4ccccc4Cc4ccccc4-c4ccccc4C5)cc3)cc21. The molecule has 9 aromatic carbocycles. The third-order valence-electron chi connectivity index (χ3n) is 13.0. The number of fused-ring (bicyclic) bond motifs is 9. The number of benzene rings is 9. The molecule has 286 valence electrons. The minimum absolute atomic E-state index is 0.102. The molecule has 0 bridgehead atoms. The summed E-state index contributed by atoms with van der Waals surface area (Å²) in [6, 6.07) is 78.8. The van der Waals surface area contributed by atoms with Crippen molar-refractivity contribution in [2.24, 2.45) is 0 Å². The van der Waals surface area contributed by atoms with Gasteiger partial charge >= 0.3 is 0 Å². The zero-order valence-electron chi connectivity index (χ0n) is 34.1. The predicted molar refractivity (Wildman–Crippen MR) is 252 cm³/mol. The standard InChI is InChI=1S/C59H45N/c1-59(2)56-26-13-12-24-54(56)55-36-35-49(39-57(55)59)60(47-31-27-41(28-32-47)40-15-4-3-5-16-40)48-33-29-42(30-34-48)52-25-14-20-46-38-44-18-7-10-22-51(44)50-21-9-6-17-43(50)37-45-19-8-11-23-53(45)58(46)52/h3-36,39H,37-38H2,1-2H3. The Morgan fingerprint density at radius 1 is 0.317 bits per heavy atom. The number of hydrogen-bond acceptors (Lipinski definition) is 1. The van der Waals surface area contributed by atoms with Crippen LogP contribution < -0.4 is 4.90 Å². The van der Waals surface area contributed by atoms with Crippen LogP contribution in [0, 0.1) is 0 Å². The quantitative estimate of drug-likeness (QED) is 0.169. The molecule has 1 heteroatoms. The van der Waals surface area contributed by atoms with E-state index in [0.29, 0.717) is 0 Å². The predicted octanol–water partition coefficient (Wildman–Crippen LogP) is 15.6. The van der Waals surface area contributed by atoms with Crippen LogP contribution in [0.2, 0.25) is 0 Å². The molecule has 0 fully saturated rings. The molecule has 60 heavy (non-hydrogen) atoms. The van der Waals surface area contributed by atoms with Crippen molar-refractivity contribution >= 4 is 17.1 Å². The molecule has 0 aliphatic heterocycles. The van der Waals surface area contributed by atoms with Crippen molar-refractivity contribution in [1.29, 1.82) is 0 Å². The van der Waals surface area contributed by atoms with E-state index in [1.165, 1.54) is 89.0 Å². The first-order chi connectivity index (χ1) is 29.5. The highest BCUT2D eigenvalue weighted by Gasteiger charge is 2.35. The van der Waals surface area contributed by atoms with E-state index in [1.807, 2.05) is 0 Å². The van der Waals surface area contributed by atoms with Gasteiger partial charge in [0.2, 0.25) is 0 Å². The zero-order valence-corrected chi connectivity index (χ0v) is 34.1. The summed E-state index contributed by atoms with van der Waals surface area (Å²) in [6.07, 6.45) is 1.72. The molecule has 0 atom stereocenters. The highest BCUT2D eigenvalue weighted by atomic mass is 15.1. The first kappa shape index (κ1) is 35.9. The lowest BCUT2D eigenvalue weighted by molar-refractivity contribution is 0.660. The molecule has 0 amide bonds. The second-order valence-electron chi connectivity index (χ2n) is 16.9. The second kappa shape index (κ2) is 14.6. The van der Waals surface area contributed by atoms with Crippen LogP contribution in [0.4, 0.5) is 17.1 Å². The van der Waals surface area contributed by atoms with Crippen LogP contribution in [0.15, 0.2) is 212 Å². The van der Waals surface area contributed by atoms with Gasteiger partial charge in [-0.3, -0.25) is 0 Å². The molecule has 0 aromatic heterocycles. The van der Waals surface area contributed by atoms with Gasteiger partial charge in [-0.05, 0) is 138 Å². The molecule has 0 unspecified atom stereocenters. The van der Waals surface area contributed by atoms with E-state index in [1.54, 1.807) is 0 Å². The Balaban J connectivity index is 1.04. The fraction of sp³-hybridized carbons (Fsp3) is 0.0847. The van der Waals surface area contributed by atoms with E-state index in [4.69, 9.17) is 0 Å². The second-order valence-corrected chi connectivity index (χ2v) is 16.9. The molecule has 11 rings (SSSR count). The van der Waals surface area contributed by atoms with E-state index in [9.17, 15) is 0 Å². The highest BCUT2D eigenvalue weighted by Crippen LogP contribution is 2.51. The topological polar surface area (TPSA) is 3.24 Å². The number of hydrogen-bond donors (Lipinski definition) is 0. The summed E-state index contributed by atoms with van der Waals surface area (Å²) < 4.78 is 0. The fourth-order valence-corrected chi connectivity index (χ4v) is 10.0. The van der Waals surface area contributed by atoms with Crippen LogP contribution in [0.1, 0.15) is 47.2 Å². The minimum Gasteiger partial charge on any atom is -0.310 e. The van der Waals surface area contributed by atoms with Crippen molar-refractivity contribution < 1.29 is 0 Å². The van der Waals surface area contributed by atoms with Gasteiger partial charge in [-0.2, -0.15) is 0 Å². The van der Waals surface area contributed by atoms with Crippen LogP contribution in [0.5, 0.6) is 0 Å². The Labute approximate surface area is 353 Å². The van der Waals surface area contributed by atoms with E-state index < -0.39 is 0 Å². The molecule has 1 nitrogen and oxygen atoms in total. The van der Waals surface area contributed by atoms with Crippen LogP contribution in [-0.2, 0) is 18.3 Å². The summed E-state index contributed by atoms with van der Waals surface area (Å²) >= 11 is 0. The monoisotopic (exact) mass is 767 g/mol. The van der Waals surface area contributed by atoms with Crippen LogP contribution >= 0.6 is 0 Å². The summed E-state index contributed by atoms with van der Waals surface area (Å²) in [5, 5.41) is 0. The van der Waals surface area contributed by atoms with Gasteiger partial charge in [-0.1, -0.05) is 190 Å². The van der Waals surface area contributed by atoms with Crippen LogP contribution in [0.25, 0.3) is 55.6 Å². The fourth-order valence-electron chi connectivity index (χ4n) is 10.0. The van der Waals surface area contributed by atoms with Crippen LogP contribution in [-0.4, -0.2) is 0 Å². The average molecular weight is 768 g/mol. The van der Waals surface area contributed by atoms with Gasteiger partial charge in [0.1, 0.15) is 0 Å². The van der Waals surface area contributed by atoms with E-state index in [0.717, 1.165) is 29.9 Å². The molecular formula is C59H45N. The van der Waals surface area contributed by atoms with Crippen LogP contribution in [0.3, 0.4) is 0 Å². The maximum atomic E-state index is 2.42. The van der Waals surface area contributed by atoms with Crippen molar-refractivity contribution in [3.8, 4) is 55.6 Å². The minimum atomic E-state index is -0.102. The van der Waals surface area contributed by atoms with Gasteiger partial charge in [0.25, 0.3) is 0 Å². The molecule has 2 aliphatic rings. The molecule has 0 saturated carbocycles. The first-order valence-electron chi connectivity index (χ1n) is 21.2. The van der Waals surface area contributed by atoms with Crippen molar-refractivity contribution in [2.45, 2.75) is 32.1 Å². The van der Waals surface area contributed by atoms with Crippen molar-refractivity contribution in [3.63, 3.8) is 0 Å². The van der Waals surface area contributed by atoms with E-state index in [2.05, 4.69) is 231 Å². The Kier molecular flexibility index (Phi) is 8.71. The Bertz CT molecular complexity index is 3040. The number of rotatable bonds is 5. The maximum Gasteiger partial charge on any atom is 0.0465 e. The number of anilines is 3. The summed E-state index contributed by atoms with van der Waals surface area (Å²) in [5.74, 6) is 0. The lowest BCUT2D eigenvalue weighted by atomic mass is 9.81. The summed E-state index contributed by atoms with van der Waals surface area (Å²) in [4.78, 5) is 2.42. The molecule has 0 saturated heterocycles. The molecule has 0 spiro atoms. The maximum absolute atomic E-state index is 2.42. The van der Waals surface area contributed by atoms with Gasteiger partial charge in [0.05, 0.1) is 0 Å². The van der Waals surface area contributed by atoms with Gasteiger partial charge in [-0.25, -0.2) is 0 Å². The highest BCUT2D eigenvalue weighted by molar-refractivity contribution is 5.90. The Morgan fingerprint density at radius 2 is 0.767 bits per heavy atom. The third kappa shape index (κ3) is 6.09. The zero-order chi connectivity index (χ0) is 40.2. The van der Waals surface area contributed by atoms with E-state index >= 15 is 0 Å². The normalized spacial score (nSPS) is 13.2. The van der Waals surface area contributed by atoms with Crippen molar-refractivity contribution in [2.75, 3.05) is 4.90 Å². The van der Waals surface area contributed by atoms with Crippen molar-refractivity contribution in [3.05, 3.63) is 246 Å². The van der Waals surface area contributed by atoms with Gasteiger partial charge in [-0.15, -0.1) is 0 Å². The number of nitrogens with zero attached hydrogens (tertiary/aromatic N) is 1. The summed E-state index contributed by atoms with van der Waals surface area (Å²) in [7, 11) is 0. The molecular weight excluding hydrogens is 723 g/mol. The van der Waals surface area contributed by atoms with E-state index in [-0.39, 0.29) is 5.41 Å². The molecule has 0 N–H and O–H groups in total. The summed E-state index contributed by atoms with van der Waals surface area (Å²) in [5.41, 5.74) is 24.3. The van der Waals surface area contributed by atoms with Gasteiger partial charge in [0, 0.05) is 22.5 Å². The molecule has 9 aromatic rings.